The Morgan fingerprint density at radius 1 is 0.966 bits per heavy atom. The summed E-state index contributed by atoms with van der Waals surface area (Å²) in [6, 6.07) is 13.6. The van der Waals surface area contributed by atoms with E-state index >= 15 is 0 Å². The largest absolute Gasteiger partial charge is 0.490 e. The maximum atomic E-state index is 12.4. The lowest BCUT2D eigenvalue weighted by Gasteiger charge is -2.20. The molecule has 5 heteroatoms. The average molecular weight is 400 g/mol. The van der Waals surface area contributed by atoms with Crippen LogP contribution in [0.3, 0.4) is 0 Å². The Morgan fingerprint density at radius 3 is 2.17 bits per heavy atom. The van der Waals surface area contributed by atoms with E-state index in [0.29, 0.717) is 37.0 Å². The Balaban J connectivity index is 1.93. The Morgan fingerprint density at radius 2 is 1.59 bits per heavy atom. The highest BCUT2D eigenvalue weighted by atomic mass is 16.5. The molecular weight excluding hydrogens is 366 g/mol. The van der Waals surface area contributed by atoms with E-state index in [4.69, 9.17) is 14.2 Å². The summed E-state index contributed by atoms with van der Waals surface area (Å²) in [5.41, 5.74) is 2.24. The van der Waals surface area contributed by atoms with Crippen molar-refractivity contribution in [3.63, 3.8) is 0 Å². The molecule has 0 aliphatic carbocycles. The normalized spacial score (nSPS) is 12.2. The molecule has 1 atom stereocenters. The van der Waals surface area contributed by atoms with E-state index in [1.54, 1.807) is 6.92 Å². The molecular formula is C24H33NO4. The van der Waals surface area contributed by atoms with Gasteiger partial charge >= 0.3 is 0 Å². The molecule has 2 aromatic carbocycles. The fourth-order valence-corrected chi connectivity index (χ4v) is 2.83. The highest BCUT2D eigenvalue weighted by Crippen LogP contribution is 2.28. The molecule has 1 N–H and O–H groups in total. The fraction of sp³-hybridized carbons (Fsp3) is 0.458. The van der Waals surface area contributed by atoms with Crippen LogP contribution < -0.4 is 19.5 Å². The zero-order valence-corrected chi connectivity index (χ0v) is 18.4. The Hall–Kier alpha value is -2.69. The Kier molecular flexibility index (Phi) is 7.94. The third-order valence-electron chi connectivity index (χ3n) is 4.48. The second-order valence-corrected chi connectivity index (χ2v) is 7.90. The van der Waals surface area contributed by atoms with E-state index in [1.165, 1.54) is 5.56 Å². The lowest BCUT2D eigenvalue weighted by molar-refractivity contribution is -0.127. The van der Waals surface area contributed by atoms with Crippen molar-refractivity contribution in [1.29, 1.82) is 0 Å². The molecule has 0 heterocycles. The first-order valence-corrected chi connectivity index (χ1v) is 10.2. The van der Waals surface area contributed by atoms with Gasteiger partial charge in [0.1, 0.15) is 5.75 Å². The highest BCUT2D eigenvalue weighted by Gasteiger charge is 2.17. The molecule has 2 rings (SSSR count). The maximum absolute atomic E-state index is 12.4. The molecule has 0 spiro atoms. The molecule has 0 aromatic heterocycles. The van der Waals surface area contributed by atoms with Gasteiger partial charge in [-0.25, -0.2) is 0 Å². The summed E-state index contributed by atoms with van der Waals surface area (Å²) < 4.78 is 17.0. The van der Waals surface area contributed by atoms with Gasteiger partial charge in [0.25, 0.3) is 5.91 Å². The SMILES string of the molecule is CCOc1ccc(CNC(=O)[C@H](C)Oc2ccc(C(C)(C)C)cc2)cc1OCC. The zero-order valence-electron chi connectivity index (χ0n) is 18.4. The van der Waals surface area contributed by atoms with Crippen molar-refractivity contribution in [2.75, 3.05) is 13.2 Å². The summed E-state index contributed by atoms with van der Waals surface area (Å²) in [5, 5.41) is 2.92. The van der Waals surface area contributed by atoms with E-state index in [9.17, 15) is 4.79 Å². The number of benzene rings is 2. The van der Waals surface area contributed by atoms with Crippen molar-refractivity contribution < 1.29 is 19.0 Å². The third-order valence-corrected chi connectivity index (χ3v) is 4.48. The van der Waals surface area contributed by atoms with Gasteiger partial charge in [0, 0.05) is 6.54 Å². The topological polar surface area (TPSA) is 56.8 Å². The number of carbonyl (C=O) groups is 1. The highest BCUT2D eigenvalue weighted by molar-refractivity contribution is 5.80. The molecule has 0 fully saturated rings. The molecule has 2 aromatic rings. The van der Waals surface area contributed by atoms with Crippen LogP contribution in [0.25, 0.3) is 0 Å². The molecule has 0 saturated heterocycles. The molecule has 0 radical (unpaired) electrons. The summed E-state index contributed by atoms with van der Waals surface area (Å²) >= 11 is 0. The molecule has 0 aliphatic heterocycles. The minimum atomic E-state index is -0.593. The van der Waals surface area contributed by atoms with Gasteiger partial charge in [-0.3, -0.25) is 4.79 Å². The first-order chi connectivity index (χ1) is 13.7. The number of amides is 1. The predicted octanol–water partition coefficient (Wildman–Crippen LogP) is 4.87. The lowest BCUT2D eigenvalue weighted by atomic mass is 9.87. The van der Waals surface area contributed by atoms with Crippen molar-refractivity contribution in [2.24, 2.45) is 0 Å². The van der Waals surface area contributed by atoms with Crippen LogP contribution in [0.5, 0.6) is 17.2 Å². The first kappa shape index (κ1) is 22.6. The zero-order chi connectivity index (χ0) is 21.4. The van der Waals surface area contributed by atoms with Gasteiger partial charge in [-0.05, 0) is 61.6 Å². The first-order valence-electron chi connectivity index (χ1n) is 10.2. The summed E-state index contributed by atoms with van der Waals surface area (Å²) in [5.74, 6) is 1.90. The molecule has 0 bridgehead atoms. The van der Waals surface area contributed by atoms with Crippen LogP contribution in [-0.4, -0.2) is 25.2 Å². The van der Waals surface area contributed by atoms with Crippen molar-refractivity contribution in [1.82, 2.24) is 5.32 Å². The number of carbonyl (C=O) groups excluding carboxylic acids is 1. The minimum absolute atomic E-state index is 0.0829. The molecule has 158 valence electrons. The van der Waals surface area contributed by atoms with Gasteiger partial charge in [0.2, 0.25) is 0 Å². The van der Waals surface area contributed by atoms with Crippen molar-refractivity contribution in [3.8, 4) is 17.2 Å². The second-order valence-electron chi connectivity index (χ2n) is 7.90. The average Bonchev–Trinajstić information content (AvgIpc) is 2.68. The molecule has 5 nitrogen and oxygen atoms in total. The van der Waals surface area contributed by atoms with E-state index in [1.807, 2.05) is 56.3 Å². The van der Waals surface area contributed by atoms with Gasteiger partial charge < -0.3 is 19.5 Å². The maximum Gasteiger partial charge on any atom is 0.261 e. The van der Waals surface area contributed by atoms with E-state index in [0.717, 1.165) is 5.56 Å². The Labute approximate surface area is 174 Å². The number of ether oxygens (including phenoxy) is 3. The van der Waals surface area contributed by atoms with Crippen LogP contribution in [0, 0.1) is 0 Å². The van der Waals surface area contributed by atoms with E-state index < -0.39 is 6.10 Å². The van der Waals surface area contributed by atoms with Crippen LogP contribution >= 0.6 is 0 Å². The molecule has 0 unspecified atom stereocenters. The summed E-state index contributed by atoms with van der Waals surface area (Å²) in [4.78, 5) is 12.4. The van der Waals surface area contributed by atoms with Gasteiger partial charge in [-0.1, -0.05) is 39.0 Å². The van der Waals surface area contributed by atoms with Crippen LogP contribution in [0.15, 0.2) is 42.5 Å². The standard InChI is InChI=1S/C24H33NO4/c1-7-27-21-14-9-18(15-22(21)28-8-2)16-25-23(26)17(3)29-20-12-10-19(11-13-20)24(4,5)6/h9-15,17H,7-8,16H2,1-6H3,(H,25,26)/t17-/m0/s1. The predicted molar refractivity (Wildman–Crippen MR) is 116 cm³/mol. The summed E-state index contributed by atoms with van der Waals surface area (Å²) in [6.07, 6.45) is -0.593. The third kappa shape index (κ3) is 6.70. The minimum Gasteiger partial charge on any atom is -0.490 e. The van der Waals surface area contributed by atoms with Gasteiger partial charge in [0.15, 0.2) is 17.6 Å². The molecule has 1 amide bonds. The number of nitrogens with one attached hydrogen (secondary N) is 1. The molecule has 0 saturated carbocycles. The monoisotopic (exact) mass is 399 g/mol. The van der Waals surface area contributed by atoms with Crippen molar-refractivity contribution in [3.05, 3.63) is 53.6 Å². The van der Waals surface area contributed by atoms with Crippen LogP contribution in [-0.2, 0) is 16.8 Å². The smallest absolute Gasteiger partial charge is 0.261 e. The number of hydrogen-bond donors (Lipinski definition) is 1. The van der Waals surface area contributed by atoms with Gasteiger partial charge in [-0.15, -0.1) is 0 Å². The van der Waals surface area contributed by atoms with E-state index in [-0.39, 0.29) is 11.3 Å². The summed E-state index contributed by atoms with van der Waals surface area (Å²) in [6.45, 7) is 13.6. The van der Waals surface area contributed by atoms with Crippen molar-refractivity contribution in [2.45, 2.75) is 59.6 Å². The van der Waals surface area contributed by atoms with E-state index in [2.05, 4.69) is 26.1 Å². The molecule has 0 aliphatic rings. The number of hydrogen-bond acceptors (Lipinski definition) is 4. The molecule has 29 heavy (non-hydrogen) atoms. The van der Waals surface area contributed by atoms with Gasteiger partial charge in [-0.2, -0.15) is 0 Å². The lowest BCUT2D eigenvalue weighted by Crippen LogP contribution is -2.35. The van der Waals surface area contributed by atoms with Gasteiger partial charge in [0.05, 0.1) is 13.2 Å². The van der Waals surface area contributed by atoms with Crippen molar-refractivity contribution >= 4 is 5.91 Å². The Bertz CT molecular complexity index is 794. The van der Waals surface area contributed by atoms with Crippen LogP contribution in [0.4, 0.5) is 0 Å². The van der Waals surface area contributed by atoms with Crippen LogP contribution in [0.1, 0.15) is 52.7 Å². The summed E-state index contributed by atoms with van der Waals surface area (Å²) in [7, 11) is 0. The fourth-order valence-electron chi connectivity index (χ4n) is 2.83. The quantitative estimate of drug-likeness (QED) is 0.654. The second kappa shape index (κ2) is 10.2. The number of rotatable bonds is 9. The van der Waals surface area contributed by atoms with Crippen LogP contribution in [0.2, 0.25) is 0 Å².